The molecule has 0 aliphatic carbocycles. The van der Waals surface area contributed by atoms with Crippen LogP contribution in [0.25, 0.3) is 33.6 Å². The number of benzene rings is 2. The van der Waals surface area contributed by atoms with E-state index in [0.29, 0.717) is 88.2 Å². The first-order valence-corrected chi connectivity index (χ1v) is 16.4. The maximum absolute atomic E-state index is 11.5. The van der Waals surface area contributed by atoms with Gasteiger partial charge in [0.15, 0.2) is 0 Å². The van der Waals surface area contributed by atoms with Crippen LogP contribution in [0.15, 0.2) is 48.8 Å². The number of methoxy groups -OCH3 is 2. The van der Waals surface area contributed by atoms with Gasteiger partial charge in [0.25, 0.3) is 0 Å². The fraction of sp³-hybridized carbons (Fsp3) is 0.382. The molecule has 0 saturated carbocycles. The lowest BCUT2D eigenvalue weighted by Gasteiger charge is -2.52. The van der Waals surface area contributed by atoms with Crippen LogP contribution in [-0.4, -0.2) is 82.8 Å². The normalized spacial score (nSPS) is 20.5. The molecule has 3 atom stereocenters. The second-order valence-electron chi connectivity index (χ2n) is 11.9. The van der Waals surface area contributed by atoms with Crippen molar-refractivity contribution in [1.82, 2.24) is 35.5 Å². The number of nitrogens with zero attached hydrogens (tertiary/aromatic N) is 5. The zero-order valence-electron chi connectivity index (χ0n) is 26.1. The molecule has 0 radical (unpaired) electrons. The van der Waals surface area contributed by atoms with Gasteiger partial charge in [-0.2, -0.15) is 0 Å². The third kappa shape index (κ3) is 6.38. The minimum Gasteiger partial charge on any atom is -0.480 e. The second kappa shape index (κ2) is 13.7. The van der Waals surface area contributed by atoms with E-state index >= 15 is 0 Å². The van der Waals surface area contributed by atoms with Crippen molar-refractivity contribution in [2.45, 2.75) is 50.5 Å². The molecule has 1 amide bonds. The van der Waals surface area contributed by atoms with E-state index in [4.69, 9.17) is 52.4 Å². The number of hydrogen-bond acceptors (Lipinski definition) is 10. The average molecular weight is 677 g/mol. The summed E-state index contributed by atoms with van der Waals surface area (Å²) in [5, 5.41) is 7.26. The number of nitrogens with one attached hydrogen (secondary N) is 2. The number of aromatic nitrogens is 4. The molecule has 7 rings (SSSR count). The summed E-state index contributed by atoms with van der Waals surface area (Å²) in [6.45, 7) is 3.26. The Kier molecular flexibility index (Phi) is 9.24. The summed E-state index contributed by atoms with van der Waals surface area (Å²) in [5.74, 6) is 0.962. The molecule has 3 fully saturated rings. The minimum absolute atomic E-state index is 0.0873. The van der Waals surface area contributed by atoms with Gasteiger partial charge in [-0.1, -0.05) is 59.6 Å². The first-order chi connectivity index (χ1) is 22.9. The molecular formula is C34H35Cl2N7O4. The van der Waals surface area contributed by atoms with Crippen LogP contribution >= 0.6 is 23.2 Å². The van der Waals surface area contributed by atoms with E-state index in [1.807, 2.05) is 36.4 Å². The molecule has 2 bridgehead atoms. The van der Waals surface area contributed by atoms with Gasteiger partial charge in [-0.25, -0.2) is 9.97 Å². The van der Waals surface area contributed by atoms with Crippen molar-refractivity contribution >= 4 is 29.1 Å². The highest BCUT2D eigenvalue weighted by molar-refractivity contribution is 6.39. The standard InChI is InChI=1S/C34H35Cl2N7O4/c1-45-33-28(13-37-12-19-9-10-30(44)40-19)38-14-26(41-33)24-7-3-5-22(31(24)35)23-6-4-8-25(32(23)36)27-15-39-29(34(42-27)46-2)16-43-20-11-21(43)18-47-17-20/h3-8,14-15,19-21,37H,9-13,16-18H2,1-2H3,(H,40,44)/t19-,20?,21?/m0/s1. The lowest BCUT2D eigenvalue weighted by molar-refractivity contribution is -0.132. The van der Waals surface area contributed by atoms with Gasteiger partial charge in [-0.3, -0.25) is 19.7 Å². The highest BCUT2D eigenvalue weighted by atomic mass is 35.5. The zero-order chi connectivity index (χ0) is 32.5. The van der Waals surface area contributed by atoms with Crippen molar-refractivity contribution < 1.29 is 19.0 Å². The van der Waals surface area contributed by atoms with Crippen LogP contribution in [0.1, 0.15) is 30.7 Å². The Morgan fingerprint density at radius 2 is 1.47 bits per heavy atom. The summed E-state index contributed by atoms with van der Waals surface area (Å²) in [5.41, 5.74) is 5.51. The molecule has 11 nitrogen and oxygen atoms in total. The third-order valence-corrected chi connectivity index (χ3v) is 9.87. The predicted octanol–water partition coefficient (Wildman–Crippen LogP) is 4.93. The maximum atomic E-state index is 11.5. The Labute approximate surface area is 283 Å². The summed E-state index contributed by atoms with van der Waals surface area (Å²) in [6.07, 6.45) is 5.97. The lowest BCUT2D eigenvalue weighted by Crippen LogP contribution is -2.63. The fourth-order valence-corrected chi connectivity index (χ4v) is 7.17. The van der Waals surface area contributed by atoms with Crippen molar-refractivity contribution in [3.05, 3.63) is 70.2 Å². The highest BCUT2D eigenvalue weighted by Crippen LogP contribution is 2.42. The van der Waals surface area contributed by atoms with Gasteiger partial charge in [0.2, 0.25) is 17.7 Å². The van der Waals surface area contributed by atoms with E-state index < -0.39 is 0 Å². The molecule has 5 heterocycles. The molecule has 3 saturated heterocycles. The van der Waals surface area contributed by atoms with E-state index in [9.17, 15) is 4.79 Å². The summed E-state index contributed by atoms with van der Waals surface area (Å²) < 4.78 is 16.9. The van der Waals surface area contributed by atoms with Gasteiger partial charge in [0.05, 0.1) is 61.3 Å². The Morgan fingerprint density at radius 1 is 0.894 bits per heavy atom. The van der Waals surface area contributed by atoms with Gasteiger partial charge < -0.3 is 24.8 Å². The molecule has 2 aromatic heterocycles. The van der Waals surface area contributed by atoms with Crippen LogP contribution < -0.4 is 20.1 Å². The second-order valence-corrected chi connectivity index (χ2v) is 12.7. The Balaban J connectivity index is 1.12. The Bertz CT molecular complexity index is 1790. The van der Waals surface area contributed by atoms with Gasteiger partial charge >= 0.3 is 0 Å². The average Bonchev–Trinajstić information content (AvgIpc) is 3.52. The van der Waals surface area contributed by atoms with Crippen molar-refractivity contribution in [3.63, 3.8) is 0 Å². The fourth-order valence-electron chi connectivity index (χ4n) is 6.52. The summed E-state index contributed by atoms with van der Waals surface area (Å²) in [6, 6.07) is 12.4. The van der Waals surface area contributed by atoms with Gasteiger partial charge in [-0.05, 0) is 12.8 Å². The molecule has 47 heavy (non-hydrogen) atoms. The van der Waals surface area contributed by atoms with Crippen molar-refractivity contribution in [2.75, 3.05) is 34.0 Å². The first kappa shape index (κ1) is 31.7. The summed E-state index contributed by atoms with van der Waals surface area (Å²) in [7, 11) is 3.17. The first-order valence-electron chi connectivity index (χ1n) is 15.6. The third-order valence-electron chi connectivity index (χ3n) is 9.05. The van der Waals surface area contributed by atoms with Crippen molar-refractivity contribution in [1.29, 1.82) is 0 Å². The predicted molar refractivity (Wildman–Crippen MR) is 178 cm³/mol. The Morgan fingerprint density at radius 3 is 2.02 bits per heavy atom. The van der Waals surface area contributed by atoms with E-state index in [0.717, 1.165) is 42.9 Å². The minimum atomic E-state index is 0.0873. The monoisotopic (exact) mass is 675 g/mol. The van der Waals surface area contributed by atoms with Crippen LogP contribution in [0.2, 0.25) is 10.0 Å². The lowest BCUT2D eigenvalue weighted by atomic mass is 9.91. The number of fused-ring (bicyclic) bond motifs is 2. The number of amides is 1. The van der Waals surface area contributed by atoms with Crippen molar-refractivity contribution in [3.8, 4) is 45.4 Å². The number of morpholine rings is 1. The molecule has 2 aromatic carbocycles. The zero-order valence-corrected chi connectivity index (χ0v) is 27.6. The maximum Gasteiger partial charge on any atom is 0.237 e. The molecular weight excluding hydrogens is 641 g/mol. The molecule has 244 valence electrons. The van der Waals surface area contributed by atoms with E-state index in [-0.39, 0.29) is 11.9 Å². The molecule has 3 aliphatic rings. The smallest absolute Gasteiger partial charge is 0.237 e. The number of carbonyl (C=O) groups is 1. The topological polar surface area (TPSA) is 124 Å². The summed E-state index contributed by atoms with van der Waals surface area (Å²) in [4.78, 5) is 32.8. The number of hydrogen-bond donors (Lipinski definition) is 2. The summed E-state index contributed by atoms with van der Waals surface area (Å²) >= 11 is 14.1. The van der Waals surface area contributed by atoms with E-state index in [1.54, 1.807) is 26.6 Å². The van der Waals surface area contributed by atoms with Crippen LogP contribution in [0.5, 0.6) is 11.8 Å². The van der Waals surface area contributed by atoms with Crippen LogP contribution in [-0.2, 0) is 22.6 Å². The molecule has 3 aliphatic heterocycles. The molecule has 2 unspecified atom stereocenters. The quantitative estimate of drug-likeness (QED) is 0.226. The SMILES string of the molecule is COc1nc(-c2cccc(-c3cccc(-c4cnc(CN5C6COCC5C6)c(OC)n4)c3Cl)c2Cl)cnc1CNC[C@@H]1CCC(=O)N1. The molecule has 2 N–H and O–H groups in total. The van der Waals surface area contributed by atoms with Crippen LogP contribution in [0.3, 0.4) is 0 Å². The van der Waals surface area contributed by atoms with Crippen molar-refractivity contribution in [2.24, 2.45) is 0 Å². The van der Waals surface area contributed by atoms with Gasteiger partial charge in [0, 0.05) is 66.4 Å². The molecule has 13 heteroatoms. The van der Waals surface area contributed by atoms with E-state index in [1.165, 1.54) is 0 Å². The highest BCUT2D eigenvalue weighted by Gasteiger charge is 2.42. The van der Waals surface area contributed by atoms with Gasteiger partial charge in [0.1, 0.15) is 11.4 Å². The van der Waals surface area contributed by atoms with Gasteiger partial charge in [-0.15, -0.1) is 0 Å². The van der Waals surface area contributed by atoms with Crippen LogP contribution in [0.4, 0.5) is 0 Å². The number of rotatable bonds is 11. The van der Waals surface area contributed by atoms with Crippen LogP contribution in [0, 0.1) is 0 Å². The molecule has 0 spiro atoms. The number of ether oxygens (including phenoxy) is 3. The number of carbonyl (C=O) groups excluding carboxylic acids is 1. The molecule has 4 aromatic rings. The largest absolute Gasteiger partial charge is 0.480 e. The van der Waals surface area contributed by atoms with E-state index in [2.05, 4.69) is 20.5 Å². The number of halogens is 2. The Hall–Kier alpha value is -3.87.